The zero-order chi connectivity index (χ0) is 5.54. The Kier molecular flexibility index (Phi) is 5.05. The number of nitrogens with two attached hydrogens (primary N) is 1. The number of rotatable bonds is 3. The number of hydrogen-bond donors (Lipinski definition) is 2. The van der Waals surface area contributed by atoms with Gasteiger partial charge in [-0.2, -0.15) is 0 Å². The molecular formula is C3H10BN3. The van der Waals surface area contributed by atoms with E-state index in [9.17, 15) is 0 Å². The fraction of sp³-hybridized carbons (Fsp3) is 1.00. The van der Waals surface area contributed by atoms with E-state index < -0.39 is 0 Å². The second-order valence-corrected chi connectivity index (χ2v) is 1.23. The van der Waals surface area contributed by atoms with Crippen LogP contribution in [0, 0.1) is 0 Å². The van der Waals surface area contributed by atoms with Crippen LogP contribution in [0.3, 0.4) is 0 Å². The molecule has 0 aliphatic heterocycles. The summed E-state index contributed by atoms with van der Waals surface area (Å²) in [6, 6.07) is 0. The van der Waals surface area contributed by atoms with E-state index in [2.05, 4.69) is 17.2 Å². The van der Waals surface area contributed by atoms with E-state index in [1.54, 1.807) is 0 Å². The monoisotopic (exact) mass is 99.1 g/mol. The molecule has 0 amide bonds. The van der Waals surface area contributed by atoms with Crippen molar-refractivity contribution in [2.45, 2.75) is 13.3 Å². The Bertz CT molecular complexity index is 54.1. The third-order valence-electron chi connectivity index (χ3n) is 0.560. The van der Waals surface area contributed by atoms with Gasteiger partial charge in [0.05, 0.1) is 0 Å². The minimum atomic E-state index is 0.945. The zero-order valence-corrected chi connectivity index (χ0v) is 4.52. The van der Waals surface area contributed by atoms with Crippen LogP contribution >= 0.6 is 0 Å². The molecule has 3 nitrogen and oxygen atoms in total. The Morgan fingerprint density at radius 1 is 1.86 bits per heavy atom. The number of hydrogen-bond acceptors (Lipinski definition) is 2. The molecule has 0 radical (unpaired) electrons. The predicted molar refractivity (Wildman–Crippen MR) is 30.7 cm³/mol. The molecular weight excluding hydrogens is 88.9 g/mol. The summed E-state index contributed by atoms with van der Waals surface area (Å²) in [6.07, 6.45) is 1.10. The molecule has 0 fully saturated rings. The second kappa shape index (κ2) is 5.46. The minimum absolute atomic E-state index is 0.945. The molecule has 0 rings (SSSR count). The molecule has 0 spiro atoms. The maximum atomic E-state index is 4.78. The van der Waals surface area contributed by atoms with Gasteiger partial charge >= 0.3 is 43.2 Å². The van der Waals surface area contributed by atoms with Crippen LogP contribution in [-0.2, 0) is 0 Å². The van der Waals surface area contributed by atoms with E-state index >= 15 is 0 Å². The second-order valence-electron chi connectivity index (χ2n) is 1.23. The molecule has 7 heavy (non-hydrogen) atoms. The predicted octanol–water partition coefficient (Wildman–Crippen LogP) is -0.338. The summed E-state index contributed by atoms with van der Waals surface area (Å²) in [5.41, 5.74) is 0. The van der Waals surface area contributed by atoms with Crippen LogP contribution in [0.15, 0.2) is 5.00 Å². The summed E-state index contributed by atoms with van der Waals surface area (Å²) in [5, 5.41) is 6.11. The Morgan fingerprint density at radius 2 is 2.57 bits per heavy atom. The Labute approximate surface area is 44.2 Å². The maximum absolute atomic E-state index is 4.78. The summed E-state index contributed by atoms with van der Waals surface area (Å²) >= 11 is 0. The normalized spacial score (nSPS) is 8.71. The van der Waals surface area contributed by atoms with Crippen LogP contribution in [0.2, 0.25) is 0 Å². The van der Waals surface area contributed by atoms with Crippen LogP contribution in [0.25, 0.3) is 0 Å². The first-order valence-corrected chi connectivity index (χ1v) is 2.37. The summed E-state index contributed by atoms with van der Waals surface area (Å²) in [7, 11) is 1.49. The molecule has 0 aliphatic rings. The fourth-order valence-corrected chi connectivity index (χ4v) is 0.262. The summed E-state index contributed by atoms with van der Waals surface area (Å²) < 4.78 is 0. The zero-order valence-electron chi connectivity index (χ0n) is 4.52. The Morgan fingerprint density at radius 3 is 3.00 bits per heavy atom. The quantitative estimate of drug-likeness (QED) is 0.220. The Hall–Kier alpha value is -0.535. The van der Waals surface area contributed by atoms with Crippen LogP contribution in [0.5, 0.6) is 0 Å². The standard InChI is InChI=1S/C3H10BN3/c1-2-3-6-4-7-5/h6H,2-3,5H2,1H3. The van der Waals surface area contributed by atoms with Crippen LogP contribution in [-0.4, -0.2) is 13.8 Å². The van der Waals surface area contributed by atoms with Crippen molar-refractivity contribution in [3.63, 3.8) is 0 Å². The molecule has 0 aromatic carbocycles. The average Bonchev–Trinajstić information content (AvgIpc) is 1.69. The van der Waals surface area contributed by atoms with Crippen molar-refractivity contribution in [2.75, 3.05) is 6.54 Å². The molecule has 0 saturated heterocycles. The fourth-order valence-electron chi connectivity index (χ4n) is 0.262. The van der Waals surface area contributed by atoms with Crippen molar-refractivity contribution in [1.29, 1.82) is 0 Å². The van der Waals surface area contributed by atoms with Crippen LogP contribution in [0.1, 0.15) is 13.3 Å². The van der Waals surface area contributed by atoms with Gasteiger partial charge in [-0.3, -0.25) is 0 Å². The van der Waals surface area contributed by atoms with E-state index in [0.717, 1.165) is 13.0 Å². The van der Waals surface area contributed by atoms with E-state index in [-0.39, 0.29) is 0 Å². The Balaban J connectivity index is 2.69. The van der Waals surface area contributed by atoms with Gasteiger partial charge in [-0.1, -0.05) is 0 Å². The third-order valence-corrected chi connectivity index (χ3v) is 0.560. The SMILES string of the molecule is CCCNB=NN. The van der Waals surface area contributed by atoms with E-state index in [1.807, 2.05) is 0 Å². The number of nitrogens with one attached hydrogen (secondary N) is 1. The molecule has 40 valence electrons. The van der Waals surface area contributed by atoms with Crippen molar-refractivity contribution < 1.29 is 0 Å². The van der Waals surface area contributed by atoms with E-state index in [1.165, 1.54) is 7.21 Å². The summed E-state index contributed by atoms with van der Waals surface area (Å²) in [5.74, 6) is 4.78. The van der Waals surface area contributed by atoms with Gasteiger partial charge in [-0.15, -0.1) is 0 Å². The van der Waals surface area contributed by atoms with Crippen molar-refractivity contribution in [3.8, 4) is 0 Å². The van der Waals surface area contributed by atoms with Gasteiger partial charge in [0, 0.05) is 0 Å². The molecule has 0 aromatic heterocycles. The first kappa shape index (κ1) is 6.46. The molecule has 0 aromatic rings. The third kappa shape index (κ3) is 5.46. The van der Waals surface area contributed by atoms with Crippen molar-refractivity contribution in [3.05, 3.63) is 0 Å². The van der Waals surface area contributed by atoms with Gasteiger partial charge in [0.25, 0.3) is 0 Å². The topological polar surface area (TPSA) is 50.4 Å². The first-order chi connectivity index (χ1) is 3.41. The van der Waals surface area contributed by atoms with Gasteiger partial charge in [-0.25, -0.2) is 0 Å². The van der Waals surface area contributed by atoms with Crippen LogP contribution < -0.4 is 11.1 Å². The molecule has 0 unspecified atom stereocenters. The summed E-state index contributed by atoms with van der Waals surface area (Å²) in [6.45, 7) is 3.03. The molecule has 0 heterocycles. The van der Waals surface area contributed by atoms with Gasteiger partial charge in [0.1, 0.15) is 0 Å². The first-order valence-electron chi connectivity index (χ1n) is 2.37. The molecule has 0 saturated carbocycles. The van der Waals surface area contributed by atoms with Crippen molar-refractivity contribution in [1.82, 2.24) is 5.23 Å². The van der Waals surface area contributed by atoms with Crippen LogP contribution in [0.4, 0.5) is 0 Å². The molecule has 0 atom stereocenters. The molecule has 0 aliphatic carbocycles. The number of nitrogens with zero attached hydrogens (tertiary/aromatic N) is 1. The molecule has 0 bridgehead atoms. The molecule has 4 heteroatoms. The van der Waals surface area contributed by atoms with Crippen molar-refractivity contribution in [2.24, 2.45) is 10.8 Å². The summed E-state index contributed by atoms with van der Waals surface area (Å²) in [4.78, 5) is 0. The van der Waals surface area contributed by atoms with Crippen molar-refractivity contribution >= 4 is 7.21 Å². The van der Waals surface area contributed by atoms with E-state index in [4.69, 9.17) is 5.84 Å². The van der Waals surface area contributed by atoms with Gasteiger partial charge < -0.3 is 0 Å². The average molecular weight is 98.9 g/mol. The molecule has 3 N–H and O–H groups in total. The van der Waals surface area contributed by atoms with Gasteiger partial charge in [0.15, 0.2) is 0 Å². The van der Waals surface area contributed by atoms with Gasteiger partial charge in [-0.05, 0) is 0 Å². The van der Waals surface area contributed by atoms with Gasteiger partial charge in [0.2, 0.25) is 0 Å². The van der Waals surface area contributed by atoms with E-state index in [0.29, 0.717) is 0 Å².